The Morgan fingerprint density at radius 1 is 1.67 bits per heavy atom. The summed E-state index contributed by atoms with van der Waals surface area (Å²) in [6.45, 7) is 3.74. The standard InChI is InChI=1S/C10H16N4O/c1-7-9(6-12-13-7)10(15)14(2)8-3-4-11-5-8/h6,8,11H,3-5H2,1-2H3,(H,12,13). The van der Waals surface area contributed by atoms with Gasteiger partial charge in [0.1, 0.15) is 0 Å². The first-order valence-electron chi connectivity index (χ1n) is 5.18. The molecule has 2 N–H and O–H groups in total. The van der Waals surface area contributed by atoms with Crippen LogP contribution in [0, 0.1) is 6.92 Å². The average Bonchev–Trinajstić information content (AvgIpc) is 2.85. The Bertz CT molecular complexity index is 354. The number of amides is 1. The Balaban J connectivity index is 2.10. The summed E-state index contributed by atoms with van der Waals surface area (Å²) >= 11 is 0. The second kappa shape index (κ2) is 4.02. The second-order valence-electron chi connectivity index (χ2n) is 3.97. The average molecular weight is 208 g/mol. The molecule has 1 fully saturated rings. The first-order valence-corrected chi connectivity index (χ1v) is 5.18. The minimum absolute atomic E-state index is 0.0509. The zero-order chi connectivity index (χ0) is 10.8. The quantitative estimate of drug-likeness (QED) is 0.727. The molecule has 0 spiro atoms. The summed E-state index contributed by atoms with van der Waals surface area (Å²) in [5, 5.41) is 9.90. The number of rotatable bonds is 2. The SMILES string of the molecule is Cc1[nH]ncc1C(=O)N(C)C1CCNC1. The molecule has 0 aromatic carbocycles. The highest BCUT2D eigenvalue weighted by atomic mass is 16.2. The number of hydrogen-bond donors (Lipinski definition) is 2. The minimum atomic E-state index is 0.0509. The van der Waals surface area contributed by atoms with Crippen LogP contribution in [0.15, 0.2) is 6.20 Å². The van der Waals surface area contributed by atoms with Crippen molar-refractivity contribution in [3.63, 3.8) is 0 Å². The van der Waals surface area contributed by atoms with Crippen LogP contribution >= 0.6 is 0 Å². The maximum atomic E-state index is 12.1. The molecule has 1 aromatic rings. The van der Waals surface area contributed by atoms with E-state index in [9.17, 15) is 4.79 Å². The Morgan fingerprint density at radius 3 is 3.00 bits per heavy atom. The van der Waals surface area contributed by atoms with Crippen molar-refractivity contribution in [3.8, 4) is 0 Å². The summed E-state index contributed by atoms with van der Waals surface area (Å²) in [5.74, 6) is 0.0509. The monoisotopic (exact) mass is 208 g/mol. The van der Waals surface area contributed by atoms with Gasteiger partial charge in [-0.3, -0.25) is 9.89 Å². The first-order chi connectivity index (χ1) is 7.20. The molecule has 0 aliphatic carbocycles. The van der Waals surface area contributed by atoms with E-state index < -0.39 is 0 Å². The summed E-state index contributed by atoms with van der Waals surface area (Å²) < 4.78 is 0. The largest absolute Gasteiger partial charge is 0.337 e. The van der Waals surface area contributed by atoms with E-state index in [1.54, 1.807) is 11.1 Å². The minimum Gasteiger partial charge on any atom is -0.337 e. The van der Waals surface area contributed by atoms with Gasteiger partial charge in [-0.15, -0.1) is 0 Å². The van der Waals surface area contributed by atoms with Crippen LogP contribution < -0.4 is 5.32 Å². The molecule has 2 rings (SSSR count). The lowest BCUT2D eigenvalue weighted by atomic mass is 10.2. The molecule has 1 atom stereocenters. The smallest absolute Gasteiger partial charge is 0.257 e. The number of carbonyl (C=O) groups is 1. The van der Waals surface area contributed by atoms with Crippen LogP contribution in [0.25, 0.3) is 0 Å². The molecule has 0 radical (unpaired) electrons. The van der Waals surface area contributed by atoms with Crippen LogP contribution in [0.5, 0.6) is 0 Å². The number of hydrogen-bond acceptors (Lipinski definition) is 3. The molecule has 1 amide bonds. The van der Waals surface area contributed by atoms with Crippen molar-refractivity contribution in [1.29, 1.82) is 0 Å². The number of nitrogens with one attached hydrogen (secondary N) is 2. The molecule has 1 aliphatic rings. The van der Waals surface area contributed by atoms with Gasteiger partial charge in [0.15, 0.2) is 0 Å². The van der Waals surface area contributed by atoms with Crippen molar-refractivity contribution in [2.75, 3.05) is 20.1 Å². The molecule has 2 heterocycles. The van der Waals surface area contributed by atoms with Gasteiger partial charge < -0.3 is 10.2 Å². The van der Waals surface area contributed by atoms with Crippen LogP contribution in [0.2, 0.25) is 0 Å². The van der Waals surface area contributed by atoms with E-state index >= 15 is 0 Å². The van der Waals surface area contributed by atoms with Crippen molar-refractivity contribution in [2.24, 2.45) is 0 Å². The van der Waals surface area contributed by atoms with Crippen molar-refractivity contribution >= 4 is 5.91 Å². The molecule has 1 aromatic heterocycles. The molecule has 5 heteroatoms. The highest BCUT2D eigenvalue weighted by Gasteiger charge is 2.25. The molecule has 1 unspecified atom stereocenters. The fourth-order valence-electron chi connectivity index (χ4n) is 1.89. The van der Waals surface area contributed by atoms with E-state index in [0.29, 0.717) is 11.6 Å². The Labute approximate surface area is 88.8 Å². The van der Waals surface area contributed by atoms with Gasteiger partial charge in [-0.25, -0.2) is 0 Å². The van der Waals surface area contributed by atoms with E-state index in [0.717, 1.165) is 25.2 Å². The number of H-pyrrole nitrogens is 1. The lowest BCUT2D eigenvalue weighted by Crippen LogP contribution is -2.38. The highest BCUT2D eigenvalue weighted by Crippen LogP contribution is 2.12. The fourth-order valence-corrected chi connectivity index (χ4v) is 1.89. The van der Waals surface area contributed by atoms with Gasteiger partial charge >= 0.3 is 0 Å². The summed E-state index contributed by atoms with van der Waals surface area (Å²) in [5.41, 5.74) is 1.50. The zero-order valence-corrected chi connectivity index (χ0v) is 9.08. The van der Waals surface area contributed by atoms with Gasteiger partial charge in [-0.05, 0) is 19.9 Å². The topological polar surface area (TPSA) is 61.0 Å². The third-order valence-corrected chi connectivity index (χ3v) is 2.96. The maximum Gasteiger partial charge on any atom is 0.257 e. The molecular formula is C10H16N4O. The molecule has 0 saturated carbocycles. The Hall–Kier alpha value is -1.36. The van der Waals surface area contributed by atoms with Crippen LogP contribution in [0.3, 0.4) is 0 Å². The summed E-state index contributed by atoms with van der Waals surface area (Å²) in [4.78, 5) is 13.9. The maximum absolute atomic E-state index is 12.1. The molecule has 15 heavy (non-hydrogen) atoms. The van der Waals surface area contributed by atoms with Gasteiger partial charge in [0.25, 0.3) is 5.91 Å². The van der Waals surface area contributed by atoms with Crippen LogP contribution in [0.4, 0.5) is 0 Å². The third-order valence-electron chi connectivity index (χ3n) is 2.96. The van der Waals surface area contributed by atoms with Gasteiger partial charge in [0.2, 0.25) is 0 Å². The number of aromatic amines is 1. The first kappa shape index (κ1) is 10.2. The normalized spacial score (nSPS) is 20.5. The van der Waals surface area contributed by atoms with E-state index in [4.69, 9.17) is 0 Å². The van der Waals surface area contributed by atoms with Gasteiger partial charge in [-0.1, -0.05) is 0 Å². The van der Waals surface area contributed by atoms with Crippen LogP contribution in [0.1, 0.15) is 22.5 Å². The van der Waals surface area contributed by atoms with E-state index in [1.807, 2.05) is 14.0 Å². The summed E-state index contributed by atoms with van der Waals surface area (Å²) in [6.07, 6.45) is 2.62. The van der Waals surface area contributed by atoms with E-state index in [2.05, 4.69) is 15.5 Å². The number of likely N-dealkylation sites (N-methyl/N-ethyl adjacent to an activating group) is 1. The summed E-state index contributed by atoms with van der Waals surface area (Å²) in [6, 6.07) is 0.312. The van der Waals surface area contributed by atoms with Crippen molar-refractivity contribution in [3.05, 3.63) is 17.5 Å². The van der Waals surface area contributed by atoms with Crippen molar-refractivity contribution in [2.45, 2.75) is 19.4 Å². The van der Waals surface area contributed by atoms with Crippen LogP contribution in [-0.4, -0.2) is 47.2 Å². The molecular weight excluding hydrogens is 192 g/mol. The van der Waals surface area contributed by atoms with Gasteiger partial charge in [0.05, 0.1) is 11.8 Å². The third kappa shape index (κ3) is 1.87. The van der Waals surface area contributed by atoms with E-state index in [1.165, 1.54) is 0 Å². The Kier molecular flexibility index (Phi) is 2.73. The van der Waals surface area contributed by atoms with Gasteiger partial charge in [-0.2, -0.15) is 5.10 Å². The zero-order valence-electron chi connectivity index (χ0n) is 9.08. The number of aryl methyl sites for hydroxylation is 1. The molecule has 0 bridgehead atoms. The second-order valence-corrected chi connectivity index (χ2v) is 3.97. The van der Waals surface area contributed by atoms with Crippen molar-refractivity contribution in [1.82, 2.24) is 20.4 Å². The van der Waals surface area contributed by atoms with Gasteiger partial charge in [0, 0.05) is 25.3 Å². The molecule has 1 saturated heterocycles. The molecule has 1 aliphatic heterocycles. The lowest BCUT2D eigenvalue weighted by Gasteiger charge is -2.23. The fraction of sp³-hybridized carbons (Fsp3) is 0.600. The summed E-state index contributed by atoms with van der Waals surface area (Å²) in [7, 11) is 1.85. The predicted molar refractivity (Wildman–Crippen MR) is 56.7 cm³/mol. The molecule has 5 nitrogen and oxygen atoms in total. The lowest BCUT2D eigenvalue weighted by molar-refractivity contribution is 0.0743. The number of carbonyl (C=O) groups excluding carboxylic acids is 1. The Morgan fingerprint density at radius 2 is 2.47 bits per heavy atom. The van der Waals surface area contributed by atoms with Crippen LogP contribution in [-0.2, 0) is 0 Å². The number of aromatic nitrogens is 2. The van der Waals surface area contributed by atoms with Crippen molar-refractivity contribution < 1.29 is 4.79 Å². The molecule has 82 valence electrons. The van der Waals surface area contributed by atoms with E-state index in [-0.39, 0.29) is 5.91 Å². The predicted octanol–water partition coefficient (Wildman–Crippen LogP) is 0.152. The highest BCUT2D eigenvalue weighted by molar-refractivity contribution is 5.95. The number of nitrogens with zero attached hydrogens (tertiary/aromatic N) is 2.